The number of carbonyl (C=O) groups excluding carboxylic acids is 2. The van der Waals surface area contributed by atoms with Crippen molar-refractivity contribution in [1.82, 2.24) is 5.32 Å². The molecular formula is C23H26Cl2N2O2. The summed E-state index contributed by atoms with van der Waals surface area (Å²) in [5.41, 5.74) is 1.26. The molecular weight excluding hydrogens is 407 g/mol. The first kappa shape index (κ1) is 21.8. The van der Waals surface area contributed by atoms with E-state index in [9.17, 15) is 9.59 Å². The van der Waals surface area contributed by atoms with Gasteiger partial charge in [-0.2, -0.15) is 0 Å². The van der Waals surface area contributed by atoms with Crippen molar-refractivity contribution in [3.8, 4) is 0 Å². The van der Waals surface area contributed by atoms with Crippen LogP contribution in [0.3, 0.4) is 0 Å². The van der Waals surface area contributed by atoms with Gasteiger partial charge in [0.25, 0.3) is 0 Å². The molecule has 1 aliphatic rings. The van der Waals surface area contributed by atoms with Gasteiger partial charge in [-0.1, -0.05) is 54.6 Å². The zero-order valence-corrected chi connectivity index (χ0v) is 18.1. The summed E-state index contributed by atoms with van der Waals surface area (Å²) in [6.07, 6.45) is 6.32. The molecule has 1 amide bonds. The molecule has 2 aromatic carbocycles. The molecule has 1 saturated carbocycles. The van der Waals surface area contributed by atoms with E-state index in [0.717, 1.165) is 6.54 Å². The van der Waals surface area contributed by atoms with Gasteiger partial charge in [0.05, 0.1) is 17.3 Å². The van der Waals surface area contributed by atoms with Gasteiger partial charge in [-0.05, 0) is 55.6 Å². The Kier molecular flexibility index (Phi) is 7.70. The summed E-state index contributed by atoms with van der Waals surface area (Å²) in [6.45, 7) is 1.08. The smallest absolute Gasteiger partial charge is 0.240 e. The molecule has 4 nitrogen and oxygen atoms in total. The van der Waals surface area contributed by atoms with Gasteiger partial charge in [-0.25, -0.2) is 0 Å². The fourth-order valence-electron chi connectivity index (χ4n) is 3.80. The molecule has 2 aromatic rings. The number of amides is 1. The molecule has 6 heteroatoms. The highest BCUT2D eigenvalue weighted by Gasteiger charge is 2.22. The quantitative estimate of drug-likeness (QED) is 0.599. The van der Waals surface area contributed by atoms with Crippen molar-refractivity contribution in [3.63, 3.8) is 0 Å². The van der Waals surface area contributed by atoms with Gasteiger partial charge in [-0.3, -0.25) is 9.59 Å². The maximum Gasteiger partial charge on any atom is 0.240 e. The second-order valence-corrected chi connectivity index (χ2v) is 8.40. The van der Waals surface area contributed by atoms with E-state index >= 15 is 0 Å². The fourth-order valence-corrected chi connectivity index (χ4v) is 4.19. The topological polar surface area (TPSA) is 49.4 Å². The van der Waals surface area contributed by atoms with Crippen LogP contribution in [-0.4, -0.2) is 31.8 Å². The molecule has 0 unspecified atom stereocenters. The number of rotatable bonds is 7. The van der Waals surface area contributed by atoms with E-state index < -0.39 is 0 Å². The van der Waals surface area contributed by atoms with Crippen molar-refractivity contribution in [1.29, 1.82) is 0 Å². The van der Waals surface area contributed by atoms with Crippen LogP contribution in [0.5, 0.6) is 0 Å². The Labute approximate surface area is 182 Å². The predicted molar refractivity (Wildman–Crippen MR) is 119 cm³/mol. The molecule has 0 radical (unpaired) electrons. The molecule has 0 spiro atoms. The molecule has 1 N–H and O–H groups in total. The maximum atomic E-state index is 13.1. The lowest BCUT2D eigenvalue weighted by Crippen LogP contribution is -2.38. The summed E-state index contributed by atoms with van der Waals surface area (Å²) >= 11 is 12.3. The number of halogens is 2. The zero-order valence-electron chi connectivity index (χ0n) is 16.6. The lowest BCUT2D eigenvalue weighted by atomic mass is 9.89. The van der Waals surface area contributed by atoms with Crippen molar-refractivity contribution < 1.29 is 9.59 Å². The van der Waals surface area contributed by atoms with E-state index in [2.05, 4.69) is 5.32 Å². The molecule has 0 atom stereocenters. The number of benzene rings is 2. The number of likely N-dealkylation sites (N-methyl/N-ethyl adjacent to an activating group) is 1. The number of ketones is 1. The lowest BCUT2D eigenvalue weighted by Gasteiger charge is -2.24. The summed E-state index contributed by atoms with van der Waals surface area (Å²) in [5, 5.41) is 4.08. The molecule has 0 saturated heterocycles. The van der Waals surface area contributed by atoms with Gasteiger partial charge < -0.3 is 10.2 Å². The van der Waals surface area contributed by atoms with Crippen LogP contribution >= 0.6 is 23.2 Å². The van der Waals surface area contributed by atoms with E-state index in [0.29, 0.717) is 32.8 Å². The van der Waals surface area contributed by atoms with Crippen LogP contribution in [0, 0.1) is 5.92 Å². The summed E-state index contributed by atoms with van der Waals surface area (Å²) in [5.74, 6) is 0.286. The summed E-state index contributed by atoms with van der Waals surface area (Å²) in [6, 6.07) is 11.8. The average Bonchev–Trinajstić information content (AvgIpc) is 2.73. The Morgan fingerprint density at radius 1 is 1.03 bits per heavy atom. The lowest BCUT2D eigenvalue weighted by molar-refractivity contribution is -0.117. The van der Waals surface area contributed by atoms with Crippen LogP contribution in [0.15, 0.2) is 42.5 Å². The number of carbonyl (C=O) groups is 2. The third kappa shape index (κ3) is 5.59. The molecule has 154 valence electrons. The number of anilines is 1. The molecule has 1 aliphatic carbocycles. The van der Waals surface area contributed by atoms with E-state index in [4.69, 9.17) is 23.2 Å². The van der Waals surface area contributed by atoms with E-state index in [1.54, 1.807) is 49.5 Å². The third-order valence-electron chi connectivity index (χ3n) is 5.49. The van der Waals surface area contributed by atoms with Crippen molar-refractivity contribution in [2.45, 2.75) is 32.1 Å². The van der Waals surface area contributed by atoms with Gasteiger partial charge in [0.15, 0.2) is 5.78 Å². The third-order valence-corrected chi connectivity index (χ3v) is 6.06. The molecule has 29 heavy (non-hydrogen) atoms. The van der Waals surface area contributed by atoms with Gasteiger partial charge in [0, 0.05) is 23.2 Å². The van der Waals surface area contributed by atoms with E-state index in [1.165, 1.54) is 37.0 Å². The Balaban J connectivity index is 1.73. The van der Waals surface area contributed by atoms with Crippen molar-refractivity contribution >= 4 is 40.6 Å². The van der Waals surface area contributed by atoms with Crippen LogP contribution < -0.4 is 10.2 Å². The summed E-state index contributed by atoms with van der Waals surface area (Å²) in [4.78, 5) is 27.3. The molecule has 0 bridgehead atoms. The fraction of sp³-hybridized carbons (Fsp3) is 0.391. The second-order valence-electron chi connectivity index (χ2n) is 7.56. The second kappa shape index (κ2) is 10.2. The van der Waals surface area contributed by atoms with Crippen molar-refractivity contribution in [2.75, 3.05) is 25.0 Å². The normalized spacial score (nSPS) is 14.6. The molecule has 0 aromatic heterocycles. The number of hydrogen-bond acceptors (Lipinski definition) is 3. The molecule has 0 aliphatic heterocycles. The summed E-state index contributed by atoms with van der Waals surface area (Å²) < 4.78 is 0. The SMILES string of the molecule is CN(C(=O)CNCC1CCCCC1)c1ccc(Cl)cc1C(=O)c1ccccc1Cl. The van der Waals surface area contributed by atoms with Gasteiger partial charge in [0.2, 0.25) is 5.91 Å². The van der Waals surface area contributed by atoms with Crippen LogP contribution in [0.4, 0.5) is 5.69 Å². The molecule has 3 rings (SSSR count). The van der Waals surface area contributed by atoms with Crippen molar-refractivity contribution in [3.05, 3.63) is 63.6 Å². The first-order valence-electron chi connectivity index (χ1n) is 10.0. The number of nitrogens with one attached hydrogen (secondary N) is 1. The van der Waals surface area contributed by atoms with E-state index in [1.807, 2.05) is 0 Å². The highest BCUT2D eigenvalue weighted by Crippen LogP contribution is 2.28. The molecule has 0 heterocycles. The number of nitrogens with zero attached hydrogens (tertiary/aromatic N) is 1. The van der Waals surface area contributed by atoms with Crippen molar-refractivity contribution in [2.24, 2.45) is 5.92 Å². The Hall–Kier alpha value is -1.88. The Morgan fingerprint density at radius 3 is 2.48 bits per heavy atom. The van der Waals surface area contributed by atoms with Gasteiger partial charge in [-0.15, -0.1) is 0 Å². The predicted octanol–water partition coefficient (Wildman–Crippen LogP) is 5.36. The highest BCUT2D eigenvalue weighted by atomic mass is 35.5. The largest absolute Gasteiger partial charge is 0.314 e. The average molecular weight is 433 g/mol. The monoisotopic (exact) mass is 432 g/mol. The minimum absolute atomic E-state index is 0.101. The van der Waals surface area contributed by atoms with E-state index in [-0.39, 0.29) is 18.2 Å². The highest BCUT2D eigenvalue weighted by molar-refractivity contribution is 6.36. The summed E-state index contributed by atoms with van der Waals surface area (Å²) in [7, 11) is 1.68. The minimum atomic E-state index is -0.261. The van der Waals surface area contributed by atoms with Crippen LogP contribution in [0.2, 0.25) is 10.0 Å². The van der Waals surface area contributed by atoms with Gasteiger partial charge in [0.1, 0.15) is 0 Å². The first-order chi connectivity index (χ1) is 14.0. The Morgan fingerprint density at radius 2 is 1.76 bits per heavy atom. The van der Waals surface area contributed by atoms with Gasteiger partial charge >= 0.3 is 0 Å². The van der Waals surface area contributed by atoms with Crippen LogP contribution in [-0.2, 0) is 4.79 Å². The Bertz CT molecular complexity index is 879. The van der Waals surface area contributed by atoms with Crippen LogP contribution in [0.1, 0.15) is 48.0 Å². The molecule has 1 fully saturated rings. The first-order valence-corrected chi connectivity index (χ1v) is 10.8. The zero-order chi connectivity index (χ0) is 20.8. The minimum Gasteiger partial charge on any atom is -0.314 e. The maximum absolute atomic E-state index is 13.1. The van der Waals surface area contributed by atoms with Crippen LogP contribution in [0.25, 0.3) is 0 Å². The number of hydrogen-bond donors (Lipinski definition) is 1. The standard InChI is InChI=1S/C23H26Cl2N2O2/c1-27(22(28)15-26-14-16-7-3-2-4-8-16)21-12-11-17(24)13-19(21)23(29)18-9-5-6-10-20(18)25/h5-6,9-13,16,26H,2-4,7-8,14-15H2,1H3.